The second-order valence-electron chi connectivity index (χ2n) is 4.74. The van der Waals surface area contributed by atoms with E-state index < -0.39 is 0 Å². The van der Waals surface area contributed by atoms with Gasteiger partial charge in [-0.2, -0.15) is 0 Å². The summed E-state index contributed by atoms with van der Waals surface area (Å²) in [6.07, 6.45) is 1.12. The normalized spacial score (nSPS) is 12.7. The maximum absolute atomic E-state index is 6.26. The Labute approximate surface area is 134 Å². The topological polar surface area (TPSA) is 24.9 Å². The molecule has 1 heterocycles. The van der Waals surface area contributed by atoms with E-state index >= 15 is 0 Å². The summed E-state index contributed by atoms with van der Waals surface area (Å²) in [5.74, 6) is 0. The number of nitrogens with one attached hydrogen (secondary N) is 1. The van der Waals surface area contributed by atoms with Gasteiger partial charge in [0.1, 0.15) is 5.01 Å². The van der Waals surface area contributed by atoms with Crippen molar-refractivity contribution in [3.8, 4) is 10.6 Å². The maximum Gasteiger partial charge on any atom is 0.126 e. The van der Waals surface area contributed by atoms with Crippen LogP contribution in [0.2, 0.25) is 10.0 Å². The molecule has 1 unspecified atom stereocenters. The third-order valence-corrected chi connectivity index (χ3v) is 5.09. The first-order valence-electron chi connectivity index (χ1n) is 6.69. The lowest BCUT2D eigenvalue weighted by Gasteiger charge is -2.11. The molecule has 0 aliphatic rings. The Morgan fingerprint density at radius 1 is 1.30 bits per heavy atom. The summed E-state index contributed by atoms with van der Waals surface area (Å²) < 4.78 is 0. The third-order valence-electron chi connectivity index (χ3n) is 3.10. The molecule has 0 saturated heterocycles. The molecule has 0 saturated carbocycles. The molecule has 5 heteroatoms. The minimum atomic E-state index is 0.294. The van der Waals surface area contributed by atoms with Gasteiger partial charge in [-0.15, -0.1) is 11.3 Å². The molecule has 0 aliphatic heterocycles. The van der Waals surface area contributed by atoms with Crippen molar-refractivity contribution in [1.82, 2.24) is 10.3 Å². The zero-order valence-electron chi connectivity index (χ0n) is 11.8. The number of halogens is 2. The molecular weight excluding hydrogens is 311 g/mol. The lowest BCUT2D eigenvalue weighted by Crippen LogP contribution is -2.18. The van der Waals surface area contributed by atoms with E-state index in [1.165, 1.54) is 4.88 Å². The average molecular weight is 329 g/mol. The predicted molar refractivity (Wildman–Crippen MR) is 89.0 cm³/mol. The van der Waals surface area contributed by atoms with Crippen molar-refractivity contribution in [3.05, 3.63) is 38.8 Å². The van der Waals surface area contributed by atoms with Gasteiger partial charge in [-0.05, 0) is 38.9 Å². The summed E-state index contributed by atoms with van der Waals surface area (Å²) in [5, 5.41) is 5.67. The molecule has 0 radical (unpaired) electrons. The van der Waals surface area contributed by atoms with E-state index in [4.69, 9.17) is 23.2 Å². The first-order valence-corrected chi connectivity index (χ1v) is 8.27. The smallest absolute Gasteiger partial charge is 0.126 e. The Hall–Kier alpha value is -0.610. The van der Waals surface area contributed by atoms with Crippen LogP contribution in [0.1, 0.15) is 36.9 Å². The summed E-state index contributed by atoms with van der Waals surface area (Å²) in [6.45, 7) is 7.35. The Morgan fingerprint density at radius 2 is 1.95 bits per heavy atom. The number of thiazole rings is 1. The van der Waals surface area contributed by atoms with Gasteiger partial charge in [0, 0.05) is 16.5 Å². The molecule has 1 aromatic heterocycles. The molecule has 0 amide bonds. The van der Waals surface area contributed by atoms with E-state index in [-0.39, 0.29) is 0 Å². The predicted octanol–water partition coefficient (Wildman–Crippen LogP) is 5.49. The van der Waals surface area contributed by atoms with Gasteiger partial charge in [-0.1, -0.05) is 36.2 Å². The number of aromatic nitrogens is 1. The Bertz CT molecular complexity index is 575. The molecule has 2 rings (SSSR count). The van der Waals surface area contributed by atoms with E-state index in [0.29, 0.717) is 16.1 Å². The maximum atomic E-state index is 6.26. The summed E-state index contributed by atoms with van der Waals surface area (Å²) in [7, 11) is 0. The van der Waals surface area contributed by atoms with Crippen molar-refractivity contribution in [2.45, 2.75) is 33.2 Å². The summed E-state index contributed by atoms with van der Waals surface area (Å²) in [5.41, 5.74) is 1.87. The third kappa shape index (κ3) is 3.34. The molecule has 108 valence electrons. The van der Waals surface area contributed by atoms with E-state index in [0.717, 1.165) is 29.2 Å². The van der Waals surface area contributed by atoms with Gasteiger partial charge >= 0.3 is 0 Å². The molecule has 2 aromatic rings. The van der Waals surface area contributed by atoms with Crippen molar-refractivity contribution in [2.24, 2.45) is 0 Å². The molecule has 20 heavy (non-hydrogen) atoms. The minimum Gasteiger partial charge on any atom is -0.309 e. The van der Waals surface area contributed by atoms with Crippen LogP contribution >= 0.6 is 34.5 Å². The number of rotatable bonds is 5. The molecule has 2 nitrogen and oxygen atoms in total. The van der Waals surface area contributed by atoms with E-state index in [1.54, 1.807) is 11.3 Å². The summed E-state index contributed by atoms with van der Waals surface area (Å²) in [6, 6.07) is 5.83. The fourth-order valence-corrected chi connectivity index (χ4v) is 3.93. The molecular formula is C15H18Cl2N2S. The van der Waals surface area contributed by atoms with Crippen LogP contribution in [0.25, 0.3) is 10.6 Å². The number of nitrogens with zero attached hydrogens (tertiary/aromatic N) is 1. The van der Waals surface area contributed by atoms with Crippen LogP contribution in [-0.4, -0.2) is 11.5 Å². The monoisotopic (exact) mass is 328 g/mol. The van der Waals surface area contributed by atoms with Crippen molar-refractivity contribution in [3.63, 3.8) is 0 Å². The molecule has 1 atom stereocenters. The number of hydrogen-bond donors (Lipinski definition) is 1. The van der Waals surface area contributed by atoms with Crippen LogP contribution in [0.3, 0.4) is 0 Å². The van der Waals surface area contributed by atoms with Gasteiger partial charge in [0.25, 0.3) is 0 Å². The Balaban J connectivity index is 2.36. The van der Waals surface area contributed by atoms with Crippen LogP contribution < -0.4 is 5.32 Å². The quantitative estimate of drug-likeness (QED) is 0.785. The highest BCUT2D eigenvalue weighted by atomic mass is 35.5. The van der Waals surface area contributed by atoms with E-state index in [2.05, 4.69) is 24.1 Å². The van der Waals surface area contributed by atoms with Crippen LogP contribution in [-0.2, 0) is 0 Å². The summed E-state index contributed by atoms with van der Waals surface area (Å²) in [4.78, 5) is 5.88. The number of aryl methyl sites for hydroxylation is 1. The van der Waals surface area contributed by atoms with Crippen LogP contribution in [0.5, 0.6) is 0 Å². The van der Waals surface area contributed by atoms with Gasteiger partial charge in [0.2, 0.25) is 0 Å². The zero-order valence-corrected chi connectivity index (χ0v) is 14.2. The Kier molecular flexibility index (Phi) is 5.44. The highest BCUT2D eigenvalue weighted by molar-refractivity contribution is 7.15. The number of benzene rings is 1. The zero-order chi connectivity index (χ0) is 14.7. The minimum absolute atomic E-state index is 0.294. The average Bonchev–Trinajstić information content (AvgIpc) is 2.77. The molecule has 1 N–H and O–H groups in total. The fraction of sp³-hybridized carbons (Fsp3) is 0.400. The molecule has 0 spiro atoms. The molecule has 0 aliphatic carbocycles. The first kappa shape index (κ1) is 15.8. The lowest BCUT2D eigenvalue weighted by molar-refractivity contribution is 0.575. The highest BCUT2D eigenvalue weighted by Crippen LogP contribution is 2.39. The standard InChI is InChI=1S/C15H18Cl2N2S/c1-4-8-18-9(2)14-10(3)19-15(20-14)13-11(16)6-5-7-12(13)17/h5-7,9,18H,4,8H2,1-3H3. The van der Waals surface area contributed by atoms with Gasteiger partial charge in [-0.3, -0.25) is 0 Å². The van der Waals surface area contributed by atoms with Crippen molar-refractivity contribution >= 4 is 34.5 Å². The van der Waals surface area contributed by atoms with Crippen molar-refractivity contribution < 1.29 is 0 Å². The van der Waals surface area contributed by atoms with Gasteiger partial charge < -0.3 is 5.32 Å². The van der Waals surface area contributed by atoms with Gasteiger partial charge in [0.15, 0.2) is 0 Å². The lowest BCUT2D eigenvalue weighted by atomic mass is 10.2. The fourth-order valence-electron chi connectivity index (χ4n) is 2.07. The SMILES string of the molecule is CCCNC(C)c1sc(-c2c(Cl)cccc2Cl)nc1C. The Morgan fingerprint density at radius 3 is 2.55 bits per heavy atom. The van der Waals surface area contributed by atoms with E-state index in [1.807, 2.05) is 25.1 Å². The van der Waals surface area contributed by atoms with Crippen LogP contribution in [0, 0.1) is 6.92 Å². The largest absolute Gasteiger partial charge is 0.309 e. The first-order chi connectivity index (χ1) is 9.54. The van der Waals surface area contributed by atoms with Crippen LogP contribution in [0.15, 0.2) is 18.2 Å². The molecule has 0 bridgehead atoms. The molecule has 0 fully saturated rings. The molecule has 1 aromatic carbocycles. The van der Waals surface area contributed by atoms with Gasteiger partial charge in [-0.25, -0.2) is 4.98 Å². The second kappa shape index (κ2) is 6.90. The van der Waals surface area contributed by atoms with Crippen molar-refractivity contribution in [1.29, 1.82) is 0 Å². The highest BCUT2D eigenvalue weighted by Gasteiger charge is 2.18. The van der Waals surface area contributed by atoms with E-state index in [9.17, 15) is 0 Å². The summed E-state index contributed by atoms with van der Waals surface area (Å²) >= 11 is 14.2. The van der Waals surface area contributed by atoms with Crippen molar-refractivity contribution in [2.75, 3.05) is 6.54 Å². The number of hydrogen-bond acceptors (Lipinski definition) is 3. The second-order valence-corrected chi connectivity index (χ2v) is 6.59. The van der Waals surface area contributed by atoms with Crippen LogP contribution in [0.4, 0.5) is 0 Å². The van der Waals surface area contributed by atoms with Gasteiger partial charge in [0.05, 0.1) is 15.7 Å².